The first-order valence-electron chi connectivity index (χ1n) is 29.9. The van der Waals surface area contributed by atoms with E-state index in [2.05, 4.69) is 325 Å². The Morgan fingerprint density at radius 3 is 1.13 bits per heavy atom. The summed E-state index contributed by atoms with van der Waals surface area (Å²) < 4.78 is 8.76. The molecule has 2 aromatic heterocycles. The van der Waals surface area contributed by atoms with Crippen molar-refractivity contribution in [3.8, 4) is 72.4 Å². The Bertz CT molecular complexity index is 5430. The number of nitrogens with zero attached hydrogens (tertiary/aromatic N) is 2. The summed E-state index contributed by atoms with van der Waals surface area (Å²) in [5.74, 6) is 0. The van der Waals surface area contributed by atoms with Crippen molar-refractivity contribution >= 4 is 93.1 Å². The van der Waals surface area contributed by atoms with E-state index in [1.807, 2.05) is 12.1 Å². The molecule has 406 valence electrons. The van der Waals surface area contributed by atoms with E-state index < -0.39 is 0 Å². The molecule has 0 unspecified atom stereocenters. The molecular formula is C84H54N2O. The summed E-state index contributed by atoms with van der Waals surface area (Å²) in [5, 5.41) is 12.3. The molecule has 15 aromatic carbocycles. The van der Waals surface area contributed by atoms with Crippen molar-refractivity contribution in [2.24, 2.45) is 0 Å². The maximum atomic E-state index is 6.31. The fourth-order valence-electron chi connectivity index (χ4n) is 13.5. The first kappa shape index (κ1) is 50.0. The zero-order valence-corrected chi connectivity index (χ0v) is 47.5. The van der Waals surface area contributed by atoms with Gasteiger partial charge in [0, 0.05) is 44.3 Å². The predicted molar refractivity (Wildman–Crippen MR) is 368 cm³/mol. The number of hydrogen-bond acceptors (Lipinski definition) is 2. The molecule has 0 aliphatic rings. The number of benzene rings is 15. The smallest absolute Gasteiger partial charge is 0.136 e. The van der Waals surface area contributed by atoms with Gasteiger partial charge in [-0.05, 0) is 190 Å². The second kappa shape index (κ2) is 20.7. The van der Waals surface area contributed by atoms with E-state index >= 15 is 0 Å². The van der Waals surface area contributed by atoms with Gasteiger partial charge in [-0.3, -0.25) is 0 Å². The second-order valence-electron chi connectivity index (χ2n) is 22.8. The zero-order chi connectivity index (χ0) is 57.4. The van der Waals surface area contributed by atoms with E-state index in [1.54, 1.807) is 0 Å². The van der Waals surface area contributed by atoms with Crippen LogP contribution in [0.25, 0.3) is 149 Å². The molecule has 0 saturated carbocycles. The maximum Gasteiger partial charge on any atom is 0.136 e. The summed E-state index contributed by atoms with van der Waals surface area (Å²) in [5.41, 5.74) is 22.5. The van der Waals surface area contributed by atoms with Crippen molar-refractivity contribution in [1.29, 1.82) is 0 Å². The molecule has 0 spiro atoms. The molecule has 0 bridgehead atoms. The number of furan rings is 1. The van der Waals surface area contributed by atoms with E-state index in [0.29, 0.717) is 0 Å². The van der Waals surface area contributed by atoms with Crippen molar-refractivity contribution in [1.82, 2.24) is 4.57 Å². The normalized spacial score (nSPS) is 11.7. The van der Waals surface area contributed by atoms with Gasteiger partial charge in [-0.1, -0.05) is 237 Å². The molecule has 0 N–H and O–H groups in total. The average Bonchev–Trinajstić information content (AvgIpc) is 4.38. The molecule has 0 aliphatic carbocycles. The first-order chi connectivity index (χ1) is 43.1. The van der Waals surface area contributed by atoms with Crippen LogP contribution in [0, 0.1) is 0 Å². The van der Waals surface area contributed by atoms with Crippen molar-refractivity contribution in [2.75, 3.05) is 4.90 Å². The molecule has 0 atom stereocenters. The Hall–Kier alpha value is -11.5. The van der Waals surface area contributed by atoms with E-state index in [0.717, 1.165) is 78.0 Å². The van der Waals surface area contributed by atoms with Crippen LogP contribution in [0.15, 0.2) is 332 Å². The molecule has 2 heterocycles. The third-order valence-electron chi connectivity index (χ3n) is 17.8. The van der Waals surface area contributed by atoms with Crippen LogP contribution in [0.1, 0.15) is 0 Å². The van der Waals surface area contributed by atoms with Gasteiger partial charge >= 0.3 is 0 Å². The highest BCUT2D eigenvalue weighted by Gasteiger charge is 2.20. The number of hydrogen-bond donors (Lipinski definition) is 0. The van der Waals surface area contributed by atoms with Crippen LogP contribution in [-0.4, -0.2) is 4.57 Å². The average molecular weight is 1110 g/mol. The van der Waals surface area contributed by atoms with E-state index in [1.165, 1.54) is 87.6 Å². The Morgan fingerprint density at radius 1 is 0.218 bits per heavy atom. The quantitative estimate of drug-likeness (QED) is 0.127. The highest BCUT2D eigenvalue weighted by molar-refractivity contribution is 6.26. The predicted octanol–water partition coefficient (Wildman–Crippen LogP) is 23.6. The summed E-state index contributed by atoms with van der Waals surface area (Å²) >= 11 is 0. The van der Waals surface area contributed by atoms with Crippen molar-refractivity contribution < 1.29 is 4.42 Å². The van der Waals surface area contributed by atoms with Gasteiger partial charge in [-0.2, -0.15) is 0 Å². The number of rotatable bonds is 10. The highest BCUT2D eigenvalue weighted by atomic mass is 16.3. The molecule has 17 aromatic rings. The summed E-state index contributed by atoms with van der Waals surface area (Å²) in [4.78, 5) is 2.36. The minimum absolute atomic E-state index is 0.892. The van der Waals surface area contributed by atoms with Gasteiger partial charge in [-0.15, -0.1) is 0 Å². The van der Waals surface area contributed by atoms with E-state index in [9.17, 15) is 0 Å². The van der Waals surface area contributed by atoms with Crippen molar-refractivity contribution in [3.05, 3.63) is 328 Å². The summed E-state index contributed by atoms with van der Waals surface area (Å²) in [6, 6.07) is 120. The lowest BCUT2D eigenvalue weighted by atomic mass is 9.92. The van der Waals surface area contributed by atoms with Crippen LogP contribution in [0.3, 0.4) is 0 Å². The molecule has 3 heteroatoms. The van der Waals surface area contributed by atoms with Gasteiger partial charge in [0.2, 0.25) is 0 Å². The van der Waals surface area contributed by atoms with E-state index in [-0.39, 0.29) is 0 Å². The monoisotopic (exact) mass is 1110 g/mol. The first-order valence-corrected chi connectivity index (χ1v) is 29.9. The number of fused-ring (bicyclic) bond motifs is 12. The van der Waals surface area contributed by atoms with Gasteiger partial charge < -0.3 is 13.9 Å². The van der Waals surface area contributed by atoms with Crippen molar-refractivity contribution in [3.63, 3.8) is 0 Å². The molecule has 0 saturated heterocycles. The number of aromatic nitrogens is 1. The zero-order valence-electron chi connectivity index (χ0n) is 47.5. The summed E-state index contributed by atoms with van der Waals surface area (Å²) in [7, 11) is 0. The van der Waals surface area contributed by atoms with Crippen LogP contribution >= 0.6 is 0 Å². The fraction of sp³-hybridized carbons (Fsp3) is 0. The van der Waals surface area contributed by atoms with Gasteiger partial charge in [0.05, 0.1) is 11.0 Å². The van der Waals surface area contributed by atoms with Crippen LogP contribution in [0.5, 0.6) is 0 Å². The van der Waals surface area contributed by atoms with Gasteiger partial charge in [-0.25, -0.2) is 0 Å². The summed E-state index contributed by atoms with van der Waals surface area (Å²) in [6.45, 7) is 0. The molecule has 3 nitrogen and oxygen atoms in total. The second-order valence-corrected chi connectivity index (χ2v) is 22.8. The number of para-hydroxylation sites is 1. The third kappa shape index (κ3) is 8.67. The molecule has 0 fully saturated rings. The minimum atomic E-state index is 0.892. The lowest BCUT2D eigenvalue weighted by Gasteiger charge is -2.26. The summed E-state index contributed by atoms with van der Waals surface area (Å²) in [6.07, 6.45) is 0. The topological polar surface area (TPSA) is 21.3 Å². The third-order valence-corrected chi connectivity index (χ3v) is 17.8. The van der Waals surface area contributed by atoms with Gasteiger partial charge in [0.25, 0.3) is 0 Å². The standard InChI is InChI=1S/C84H54N2O/c1-3-15-55(16-4-1)57-29-31-59(32-30-57)63-40-49-80-78(53-63)79-54-64(41-50-81(79)86(80)69-20-13-19-62(51-69)65-39-48-75-73-23-8-7-21-71(73)72-22-9-10-24-74(72)77(75)52-65)60-35-44-67(45-36-60)85(66-42-33-58(34-43-66)56-17-5-2-6-18-56)68-46-37-61(38-47-68)70-26-14-28-83-84(70)76-25-11-12-27-82(76)87-83/h1-54H. The van der Waals surface area contributed by atoms with E-state index in [4.69, 9.17) is 4.42 Å². The highest BCUT2D eigenvalue weighted by Crippen LogP contribution is 2.44. The molecular weight excluding hydrogens is 1050 g/mol. The fourth-order valence-corrected chi connectivity index (χ4v) is 13.5. The van der Waals surface area contributed by atoms with Crippen LogP contribution < -0.4 is 4.90 Å². The molecule has 0 aliphatic heterocycles. The largest absolute Gasteiger partial charge is 0.456 e. The van der Waals surface area contributed by atoms with Crippen LogP contribution in [0.4, 0.5) is 17.1 Å². The lowest BCUT2D eigenvalue weighted by Crippen LogP contribution is -2.09. The minimum Gasteiger partial charge on any atom is -0.456 e. The van der Waals surface area contributed by atoms with Crippen LogP contribution in [-0.2, 0) is 0 Å². The Kier molecular flexibility index (Phi) is 11.9. The Balaban J connectivity index is 0.769. The van der Waals surface area contributed by atoms with Crippen LogP contribution in [0.2, 0.25) is 0 Å². The Morgan fingerprint density at radius 2 is 0.575 bits per heavy atom. The molecule has 87 heavy (non-hydrogen) atoms. The molecule has 17 rings (SSSR count). The SMILES string of the molecule is c1ccc(-c2ccc(-c3ccc4c(c3)c3cc(-c5ccc(N(c6ccc(-c7ccccc7)cc6)c6ccc(-c7cccc8oc9ccccc9c78)cc6)cc5)ccc3n4-c3cccc(-c4ccc5c6ccccc6c6ccccc6c5c4)c3)cc2)cc1. The van der Waals surface area contributed by atoms with Gasteiger partial charge in [0.15, 0.2) is 0 Å². The Labute approximate surface area is 504 Å². The number of anilines is 3. The lowest BCUT2D eigenvalue weighted by molar-refractivity contribution is 0.669. The van der Waals surface area contributed by atoms with Crippen molar-refractivity contribution in [2.45, 2.75) is 0 Å². The molecule has 0 radical (unpaired) electrons. The molecule has 0 amide bonds. The van der Waals surface area contributed by atoms with Gasteiger partial charge in [0.1, 0.15) is 11.2 Å². The maximum absolute atomic E-state index is 6.31.